The van der Waals surface area contributed by atoms with Gasteiger partial charge in [-0.1, -0.05) is 23.8 Å². The Morgan fingerprint density at radius 2 is 1.78 bits per heavy atom. The Hall–Kier alpha value is -4.26. The molecule has 2 heterocycles. The Morgan fingerprint density at radius 3 is 2.59 bits per heavy atom. The Labute approximate surface area is 184 Å². The molecule has 5 aromatic rings. The average Bonchev–Trinajstić information content (AvgIpc) is 3.25. The fourth-order valence-corrected chi connectivity index (χ4v) is 3.63. The van der Waals surface area contributed by atoms with Crippen molar-refractivity contribution in [1.29, 1.82) is 0 Å². The lowest BCUT2D eigenvalue weighted by Gasteiger charge is -2.10. The lowest BCUT2D eigenvalue weighted by atomic mass is 10.1. The molecule has 7 nitrogen and oxygen atoms in total. The highest BCUT2D eigenvalue weighted by molar-refractivity contribution is 5.80. The van der Waals surface area contributed by atoms with Crippen LogP contribution in [0.4, 0.5) is 5.95 Å². The molecule has 0 spiro atoms. The third kappa shape index (κ3) is 3.65. The van der Waals surface area contributed by atoms with Gasteiger partial charge in [0.05, 0.1) is 30.6 Å². The van der Waals surface area contributed by atoms with E-state index in [1.54, 1.807) is 14.2 Å². The molecule has 0 bridgehead atoms. The molecule has 0 amide bonds. The number of nitrogens with one attached hydrogen (secondary N) is 2. The molecule has 160 valence electrons. The van der Waals surface area contributed by atoms with Crippen molar-refractivity contribution in [2.45, 2.75) is 6.92 Å². The molecule has 32 heavy (non-hydrogen) atoms. The molecule has 0 radical (unpaired) electrons. The summed E-state index contributed by atoms with van der Waals surface area (Å²) in [7, 11) is 3.22. The lowest BCUT2D eigenvalue weighted by Crippen LogP contribution is -2.08. The van der Waals surface area contributed by atoms with Crippen molar-refractivity contribution in [3.8, 4) is 22.8 Å². The minimum absolute atomic E-state index is 0.570. The summed E-state index contributed by atoms with van der Waals surface area (Å²) in [5.74, 6) is 2.51. The number of nitrogens with zero attached hydrogens (tertiary/aromatic N) is 2. The van der Waals surface area contributed by atoms with Gasteiger partial charge in [-0.05, 0) is 49.4 Å². The molecule has 0 saturated carbocycles. The first kappa shape index (κ1) is 19.7. The molecular weight excluding hydrogens is 404 g/mol. The zero-order valence-electron chi connectivity index (χ0n) is 18.0. The van der Waals surface area contributed by atoms with E-state index < -0.39 is 0 Å². The highest BCUT2D eigenvalue weighted by Crippen LogP contribution is 2.32. The number of hydrogen-bond donors (Lipinski definition) is 2. The van der Waals surface area contributed by atoms with E-state index in [0.29, 0.717) is 23.2 Å². The van der Waals surface area contributed by atoms with Crippen LogP contribution < -0.4 is 20.3 Å². The number of benzene rings is 3. The van der Waals surface area contributed by atoms with Crippen molar-refractivity contribution in [3.63, 3.8) is 0 Å². The molecule has 0 aliphatic rings. The van der Waals surface area contributed by atoms with Crippen LogP contribution >= 0.6 is 0 Å². The normalized spacial score (nSPS) is 11.8. The summed E-state index contributed by atoms with van der Waals surface area (Å²) in [6.45, 7) is 2.04. The quantitative estimate of drug-likeness (QED) is 0.376. The number of imidazole rings is 1. The van der Waals surface area contributed by atoms with E-state index in [9.17, 15) is 0 Å². The Bertz CT molecular complexity index is 1470. The molecular formula is C25H22N4O3. The standard InChI is InChI=1S/C25H22N4O3/c1-15-8-10-21-17(12-15)20(28-29-25-26-18-6-4-5-7-19(18)27-25)14-23(32-21)16-9-11-22(30-2)24(13-16)31-3/h4-14H,1-3H3,(H2,26,27,29)/b28-20+. The first-order chi connectivity index (χ1) is 15.6. The monoisotopic (exact) mass is 426 g/mol. The molecule has 0 aliphatic heterocycles. The second kappa shape index (κ2) is 8.11. The predicted octanol–water partition coefficient (Wildman–Crippen LogP) is 5.23. The van der Waals surface area contributed by atoms with Gasteiger partial charge >= 0.3 is 0 Å². The van der Waals surface area contributed by atoms with Crippen LogP contribution in [0.15, 0.2) is 76.2 Å². The number of aromatic nitrogens is 2. The smallest absolute Gasteiger partial charge is 0.222 e. The first-order valence-electron chi connectivity index (χ1n) is 10.2. The Morgan fingerprint density at radius 1 is 0.938 bits per heavy atom. The molecule has 0 fully saturated rings. The zero-order chi connectivity index (χ0) is 22.1. The Kier molecular flexibility index (Phi) is 4.99. The fraction of sp³-hybridized carbons (Fsp3) is 0.120. The molecule has 0 aliphatic carbocycles. The molecule has 7 heteroatoms. The van der Waals surface area contributed by atoms with Crippen LogP contribution in [0.5, 0.6) is 11.5 Å². The predicted molar refractivity (Wildman–Crippen MR) is 125 cm³/mol. The van der Waals surface area contributed by atoms with Gasteiger partial charge in [0.25, 0.3) is 0 Å². The number of rotatable bonds is 5. The van der Waals surface area contributed by atoms with E-state index in [4.69, 9.17) is 13.9 Å². The molecule has 0 atom stereocenters. The first-order valence-corrected chi connectivity index (χ1v) is 10.2. The van der Waals surface area contributed by atoms with E-state index in [1.165, 1.54) is 0 Å². The molecule has 3 aromatic carbocycles. The van der Waals surface area contributed by atoms with Crippen LogP contribution in [0.3, 0.4) is 0 Å². The van der Waals surface area contributed by atoms with Gasteiger partial charge in [-0.3, -0.25) is 0 Å². The summed E-state index contributed by atoms with van der Waals surface area (Å²) in [5.41, 5.74) is 7.57. The van der Waals surface area contributed by atoms with Crippen molar-refractivity contribution in [2.24, 2.45) is 5.10 Å². The molecule has 0 unspecified atom stereocenters. The van der Waals surface area contributed by atoms with Gasteiger partial charge in [-0.15, -0.1) is 0 Å². The van der Waals surface area contributed by atoms with Crippen molar-refractivity contribution >= 4 is 28.0 Å². The summed E-state index contributed by atoms with van der Waals surface area (Å²) < 4.78 is 17.0. The van der Waals surface area contributed by atoms with Gasteiger partial charge in [0.1, 0.15) is 11.3 Å². The van der Waals surface area contributed by atoms with E-state index in [0.717, 1.165) is 38.5 Å². The zero-order valence-corrected chi connectivity index (χ0v) is 18.0. The van der Waals surface area contributed by atoms with Crippen LogP contribution in [-0.2, 0) is 0 Å². The van der Waals surface area contributed by atoms with E-state index in [2.05, 4.69) is 26.6 Å². The number of aryl methyl sites for hydroxylation is 1. The second-order valence-electron chi connectivity index (χ2n) is 7.39. The number of aromatic amines is 1. The van der Waals surface area contributed by atoms with Crippen molar-refractivity contribution in [2.75, 3.05) is 19.6 Å². The van der Waals surface area contributed by atoms with Crippen molar-refractivity contribution in [3.05, 3.63) is 77.7 Å². The molecule has 0 saturated heterocycles. The summed E-state index contributed by atoms with van der Waals surface area (Å²) in [6, 6.07) is 21.4. The highest BCUT2D eigenvalue weighted by Gasteiger charge is 2.11. The second-order valence-corrected chi connectivity index (χ2v) is 7.39. The van der Waals surface area contributed by atoms with E-state index in [-0.39, 0.29) is 0 Å². The Balaban J connectivity index is 1.63. The largest absolute Gasteiger partial charge is 0.493 e. The topological polar surface area (TPSA) is 84.7 Å². The van der Waals surface area contributed by atoms with Crippen LogP contribution in [0.25, 0.3) is 33.3 Å². The third-order valence-corrected chi connectivity index (χ3v) is 5.24. The molecule has 2 N–H and O–H groups in total. The summed E-state index contributed by atoms with van der Waals surface area (Å²) in [5, 5.41) is 6.28. The van der Waals surface area contributed by atoms with Gasteiger partial charge in [-0.2, -0.15) is 5.10 Å². The number of anilines is 1. The minimum atomic E-state index is 0.570. The fourth-order valence-electron chi connectivity index (χ4n) is 3.63. The SMILES string of the molecule is COc1ccc(-c2c/c(=N\Nc3nc4ccccc4[nH]3)c3cc(C)ccc3o2)cc1OC. The van der Waals surface area contributed by atoms with Crippen molar-refractivity contribution in [1.82, 2.24) is 9.97 Å². The average molecular weight is 426 g/mol. The van der Waals surface area contributed by atoms with Gasteiger partial charge in [0, 0.05) is 17.0 Å². The highest BCUT2D eigenvalue weighted by atomic mass is 16.5. The van der Waals surface area contributed by atoms with Gasteiger partial charge in [0.15, 0.2) is 11.5 Å². The minimum Gasteiger partial charge on any atom is -0.493 e. The van der Waals surface area contributed by atoms with Gasteiger partial charge in [0.2, 0.25) is 5.95 Å². The van der Waals surface area contributed by atoms with Crippen LogP contribution in [-0.4, -0.2) is 24.2 Å². The summed E-state index contributed by atoms with van der Waals surface area (Å²) in [6.07, 6.45) is 0. The number of H-pyrrole nitrogens is 1. The number of ether oxygens (including phenoxy) is 2. The van der Waals surface area contributed by atoms with Crippen LogP contribution in [0, 0.1) is 6.92 Å². The lowest BCUT2D eigenvalue weighted by molar-refractivity contribution is 0.355. The number of methoxy groups -OCH3 is 2. The van der Waals surface area contributed by atoms with E-state index in [1.807, 2.05) is 67.6 Å². The maximum absolute atomic E-state index is 6.21. The number of fused-ring (bicyclic) bond motifs is 2. The van der Waals surface area contributed by atoms with Crippen LogP contribution in [0.1, 0.15) is 5.56 Å². The van der Waals surface area contributed by atoms with Crippen molar-refractivity contribution < 1.29 is 13.9 Å². The number of hydrogen-bond acceptors (Lipinski definition) is 6. The number of para-hydroxylation sites is 2. The summed E-state index contributed by atoms with van der Waals surface area (Å²) >= 11 is 0. The molecule has 5 rings (SSSR count). The maximum atomic E-state index is 6.21. The van der Waals surface area contributed by atoms with Gasteiger partial charge < -0.3 is 18.9 Å². The summed E-state index contributed by atoms with van der Waals surface area (Å²) in [4.78, 5) is 7.76. The third-order valence-electron chi connectivity index (χ3n) is 5.24. The molecule has 2 aromatic heterocycles. The maximum Gasteiger partial charge on any atom is 0.222 e. The van der Waals surface area contributed by atoms with Crippen LogP contribution in [0.2, 0.25) is 0 Å². The van der Waals surface area contributed by atoms with Gasteiger partial charge in [-0.25, -0.2) is 10.4 Å². The van der Waals surface area contributed by atoms with E-state index >= 15 is 0 Å².